The number of rotatable bonds is 3. The highest BCUT2D eigenvalue weighted by atomic mass is 19.1. The first kappa shape index (κ1) is 14.7. The monoisotopic (exact) mass is 287 g/mol. The second kappa shape index (κ2) is 5.75. The number of benzene rings is 2. The molecule has 21 heavy (non-hydrogen) atoms. The second-order valence-electron chi connectivity index (χ2n) is 4.73. The van der Waals surface area contributed by atoms with Crippen LogP contribution in [0.3, 0.4) is 0 Å². The van der Waals surface area contributed by atoms with Crippen molar-refractivity contribution in [3.05, 3.63) is 64.5 Å². The fraction of sp³-hybridized carbons (Fsp3) is 0.125. The largest absolute Gasteiger partial charge is 0.478 e. The third-order valence-corrected chi connectivity index (χ3v) is 3.15. The van der Waals surface area contributed by atoms with Crippen LogP contribution in [0.5, 0.6) is 0 Å². The molecule has 1 amide bonds. The van der Waals surface area contributed by atoms with Crippen LogP contribution in [-0.4, -0.2) is 17.0 Å². The Balaban J connectivity index is 2.26. The quantitative estimate of drug-likeness (QED) is 0.909. The van der Waals surface area contributed by atoms with E-state index in [0.29, 0.717) is 16.8 Å². The van der Waals surface area contributed by atoms with Crippen molar-refractivity contribution in [2.75, 3.05) is 5.32 Å². The van der Waals surface area contributed by atoms with E-state index in [1.165, 1.54) is 24.3 Å². The molecule has 2 aromatic rings. The van der Waals surface area contributed by atoms with Crippen LogP contribution in [0, 0.1) is 19.7 Å². The number of carboxylic acid groups (broad SMARTS) is 1. The molecule has 0 spiro atoms. The topological polar surface area (TPSA) is 66.4 Å². The van der Waals surface area contributed by atoms with Crippen molar-refractivity contribution in [1.29, 1.82) is 0 Å². The summed E-state index contributed by atoms with van der Waals surface area (Å²) in [6, 6.07) is 9.00. The van der Waals surface area contributed by atoms with Gasteiger partial charge in [0.2, 0.25) is 0 Å². The van der Waals surface area contributed by atoms with Gasteiger partial charge in [0.1, 0.15) is 5.82 Å². The van der Waals surface area contributed by atoms with E-state index in [4.69, 9.17) is 5.11 Å². The van der Waals surface area contributed by atoms with Gasteiger partial charge in [0.15, 0.2) is 0 Å². The zero-order chi connectivity index (χ0) is 15.6. The summed E-state index contributed by atoms with van der Waals surface area (Å²) in [6.45, 7) is 3.21. The van der Waals surface area contributed by atoms with Crippen LogP contribution in [-0.2, 0) is 0 Å². The Morgan fingerprint density at radius 2 is 1.76 bits per heavy atom. The lowest BCUT2D eigenvalue weighted by Gasteiger charge is -2.09. The zero-order valence-corrected chi connectivity index (χ0v) is 11.6. The maximum absolute atomic E-state index is 13.9. The molecule has 0 bridgehead atoms. The number of hydrogen-bond donors (Lipinski definition) is 2. The Morgan fingerprint density at radius 3 is 2.38 bits per heavy atom. The molecule has 5 heteroatoms. The van der Waals surface area contributed by atoms with Gasteiger partial charge in [-0.05, 0) is 49.2 Å². The van der Waals surface area contributed by atoms with Gasteiger partial charge in [-0.15, -0.1) is 0 Å². The minimum atomic E-state index is -1.03. The maximum Gasteiger partial charge on any atom is 0.335 e. The first-order valence-electron chi connectivity index (χ1n) is 6.30. The number of halogens is 1. The number of aromatic carboxylic acids is 1. The average molecular weight is 287 g/mol. The van der Waals surface area contributed by atoms with E-state index in [-0.39, 0.29) is 11.1 Å². The molecule has 108 valence electrons. The normalized spacial score (nSPS) is 10.2. The molecule has 0 aliphatic heterocycles. The minimum absolute atomic E-state index is 0.0463. The number of carbonyl (C=O) groups excluding carboxylic acids is 1. The Bertz CT molecular complexity index is 725. The number of aryl methyl sites for hydroxylation is 2. The van der Waals surface area contributed by atoms with Crippen LogP contribution in [0.4, 0.5) is 10.1 Å². The van der Waals surface area contributed by atoms with Crippen molar-refractivity contribution in [2.24, 2.45) is 0 Å². The van der Waals surface area contributed by atoms with Gasteiger partial charge in [-0.1, -0.05) is 12.1 Å². The molecule has 0 heterocycles. The predicted octanol–water partition coefficient (Wildman–Crippen LogP) is 3.39. The summed E-state index contributed by atoms with van der Waals surface area (Å²) in [4.78, 5) is 23.0. The molecule has 0 saturated carbocycles. The summed E-state index contributed by atoms with van der Waals surface area (Å²) in [5, 5.41) is 11.5. The Hall–Kier alpha value is -2.69. The van der Waals surface area contributed by atoms with Gasteiger partial charge in [0.25, 0.3) is 5.91 Å². The van der Waals surface area contributed by atoms with Crippen molar-refractivity contribution in [1.82, 2.24) is 0 Å². The molecule has 0 radical (unpaired) electrons. The van der Waals surface area contributed by atoms with E-state index in [0.717, 1.165) is 0 Å². The van der Waals surface area contributed by atoms with E-state index in [1.54, 1.807) is 26.0 Å². The summed E-state index contributed by atoms with van der Waals surface area (Å²) < 4.78 is 13.9. The highest BCUT2D eigenvalue weighted by Crippen LogP contribution is 2.18. The molecular weight excluding hydrogens is 273 g/mol. The summed E-state index contributed by atoms with van der Waals surface area (Å²) >= 11 is 0. The molecule has 0 atom stereocenters. The first-order chi connectivity index (χ1) is 9.90. The van der Waals surface area contributed by atoms with Crippen molar-refractivity contribution in [3.8, 4) is 0 Å². The third-order valence-electron chi connectivity index (χ3n) is 3.15. The molecule has 0 unspecified atom stereocenters. The number of amides is 1. The summed E-state index contributed by atoms with van der Waals surface area (Å²) in [6.07, 6.45) is 0. The van der Waals surface area contributed by atoms with E-state index in [2.05, 4.69) is 5.32 Å². The number of hydrogen-bond acceptors (Lipinski definition) is 2. The van der Waals surface area contributed by atoms with E-state index in [1.807, 2.05) is 0 Å². The SMILES string of the molecule is Cc1cc(NC(=O)c2cccc(C)c2F)ccc1C(=O)O. The lowest BCUT2D eigenvalue weighted by Crippen LogP contribution is -2.14. The van der Waals surface area contributed by atoms with Gasteiger partial charge >= 0.3 is 5.97 Å². The molecule has 2 N–H and O–H groups in total. The maximum atomic E-state index is 13.9. The highest BCUT2D eigenvalue weighted by Gasteiger charge is 2.14. The fourth-order valence-electron chi connectivity index (χ4n) is 2.00. The molecule has 4 nitrogen and oxygen atoms in total. The van der Waals surface area contributed by atoms with Crippen LogP contribution in [0.25, 0.3) is 0 Å². The van der Waals surface area contributed by atoms with Gasteiger partial charge in [0.05, 0.1) is 11.1 Å². The van der Waals surface area contributed by atoms with E-state index >= 15 is 0 Å². The first-order valence-corrected chi connectivity index (χ1v) is 6.30. The van der Waals surface area contributed by atoms with Crippen LogP contribution in [0.15, 0.2) is 36.4 Å². The molecule has 0 aliphatic rings. The Labute approximate surface area is 121 Å². The average Bonchev–Trinajstić information content (AvgIpc) is 2.41. The Kier molecular flexibility index (Phi) is 4.03. The van der Waals surface area contributed by atoms with E-state index in [9.17, 15) is 14.0 Å². The van der Waals surface area contributed by atoms with Crippen LogP contribution in [0.2, 0.25) is 0 Å². The standard InChI is InChI=1S/C16H14FNO3/c1-9-4-3-5-13(14(9)17)15(19)18-11-6-7-12(16(20)21)10(2)8-11/h3-8H,1-2H3,(H,18,19)(H,20,21). The Morgan fingerprint density at radius 1 is 1.05 bits per heavy atom. The van der Waals surface area contributed by atoms with E-state index < -0.39 is 17.7 Å². The predicted molar refractivity (Wildman–Crippen MR) is 77.2 cm³/mol. The molecule has 0 fully saturated rings. The molecule has 0 saturated heterocycles. The molecular formula is C16H14FNO3. The lowest BCUT2D eigenvalue weighted by molar-refractivity contribution is 0.0696. The molecule has 0 aliphatic carbocycles. The van der Waals surface area contributed by atoms with Crippen molar-refractivity contribution < 1.29 is 19.1 Å². The highest BCUT2D eigenvalue weighted by molar-refractivity contribution is 6.04. The smallest absolute Gasteiger partial charge is 0.335 e. The molecule has 2 aromatic carbocycles. The van der Waals surface area contributed by atoms with Crippen molar-refractivity contribution in [3.63, 3.8) is 0 Å². The summed E-state index contributed by atoms with van der Waals surface area (Å²) in [7, 11) is 0. The van der Waals surface area contributed by atoms with Crippen LogP contribution < -0.4 is 5.32 Å². The fourth-order valence-corrected chi connectivity index (χ4v) is 2.00. The second-order valence-corrected chi connectivity index (χ2v) is 4.73. The van der Waals surface area contributed by atoms with Crippen LogP contribution >= 0.6 is 0 Å². The minimum Gasteiger partial charge on any atom is -0.478 e. The van der Waals surface area contributed by atoms with Gasteiger partial charge in [-0.2, -0.15) is 0 Å². The van der Waals surface area contributed by atoms with Crippen molar-refractivity contribution >= 4 is 17.6 Å². The molecule has 0 aromatic heterocycles. The number of carboxylic acids is 1. The van der Waals surface area contributed by atoms with Gasteiger partial charge in [-0.25, -0.2) is 9.18 Å². The number of anilines is 1. The third kappa shape index (κ3) is 3.08. The van der Waals surface area contributed by atoms with Crippen molar-refractivity contribution in [2.45, 2.75) is 13.8 Å². The van der Waals surface area contributed by atoms with Crippen LogP contribution in [0.1, 0.15) is 31.8 Å². The van der Waals surface area contributed by atoms with Gasteiger partial charge in [-0.3, -0.25) is 4.79 Å². The van der Waals surface area contributed by atoms with Gasteiger partial charge < -0.3 is 10.4 Å². The zero-order valence-electron chi connectivity index (χ0n) is 11.6. The number of carbonyl (C=O) groups is 2. The summed E-state index contributed by atoms with van der Waals surface area (Å²) in [5.74, 6) is -2.16. The van der Waals surface area contributed by atoms with Gasteiger partial charge in [0, 0.05) is 5.69 Å². The molecule has 2 rings (SSSR count). The lowest BCUT2D eigenvalue weighted by atomic mass is 10.1. The number of nitrogens with one attached hydrogen (secondary N) is 1. The summed E-state index contributed by atoms with van der Waals surface area (Å²) in [5.41, 5.74) is 1.44.